The van der Waals surface area contributed by atoms with Crippen LogP contribution in [0.1, 0.15) is 107 Å². The molecule has 6 heteroatoms. The van der Waals surface area contributed by atoms with Gasteiger partial charge in [-0.05, 0) is 57.4 Å². The average Bonchev–Trinajstić information content (AvgIpc) is 3.46. The molecule has 4 N–H and O–H groups in total. The molecule has 2 atom stereocenters. The van der Waals surface area contributed by atoms with E-state index in [9.17, 15) is 0 Å². The molecule has 1 unspecified atom stereocenters. The van der Waals surface area contributed by atoms with Gasteiger partial charge in [-0.2, -0.15) is 0 Å². The van der Waals surface area contributed by atoms with Crippen molar-refractivity contribution in [2.45, 2.75) is 102 Å². The molecule has 3 aliphatic rings. The van der Waals surface area contributed by atoms with E-state index in [1.165, 1.54) is 69.9 Å². The highest BCUT2D eigenvalue weighted by Crippen LogP contribution is 2.37. The molecule has 0 aromatic carbocycles. The van der Waals surface area contributed by atoms with E-state index in [0.717, 1.165) is 24.7 Å². The van der Waals surface area contributed by atoms with Crippen LogP contribution in [0.2, 0.25) is 0 Å². The molecule has 3 fully saturated rings. The lowest BCUT2D eigenvalue weighted by molar-refractivity contribution is 0.320. The van der Waals surface area contributed by atoms with E-state index >= 15 is 0 Å². The highest BCUT2D eigenvalue weighted by molar-refractivity contribution is 5.11. The van der Waals surface area contributed by atoms with Gasteiger partial charge < -0.3 is 20.6 Å². The summed E-state index contributed by atoms with van der Waals surface area (Å²) in [6, 6.07) is 1.15. The smallest absolute Gasteiger partial charge is 0.123 e. The Labute approximate surface area is 181 Å². The molecular weight excluding hydrogens is 372 g/mol. The van der Waals surface area contributed by atoms with Crippen LogP contribution in [0.3, 0.4) is 0 Å². The second-order valence-corrected chi connectivity index (χ2v) is 9.76. The van der Waals surface area contributed by atoms with E-state index in [4.69, 9.17) is 5.73 Å². The fourth-order valence-electron chi connectivity index (χ4n) is 5.07. The van der Waals surface area contributed by atoms with Crippen molar-refractivity contribution < 1.29 is 0 Å². The first-order valence-electron chi connectivity index (χ1n) is 12.2. The first-order valence-corrected chi connectivity index (χ1v) is 12.2. The van der Waals surface area contributed by atoms with Crippen molar-refractivity contribution in [3.05, 3.63) is 36.4 Å². The van der Waals surface area contributed by atoms with Gasteiger partial charge in [0.05, 0.1) is 12.4 Å². The van der Waals surface area contributed by atoms with E-state index in [-0.39, 0.29) is 6.04 Å². The van der Waals surface area contributed by atoms with Crippen molar-refractivity contribution in [2.75, 3.05) is 6.54 Å². The lowest BCUT2D eigenvalue weighted by atomic mass is 9.84. The van der Waals surface area contributed by atoms with Gasteiger partial charge in [0.15, 0.2) is 0 Å². The number of imidazole rings is 2. The van der Waals surface area contributed by atoms with E-state index in [2.05, 4.69) is 38.0 Å². The molecule has 0 bridgehead atoms. The van der Waals surface area contributed by atoms with Crippen molar-refractivity contribution in [1.82, 2.24) is 24.8 Å². The van der Waals surface area contributed by atoms with Gasteiger partial charge in [-0.1, -0.05) is 32.6 Å². The lowest BCUT2D eigenvalue weighted by Gasteiger charge is -2.28. The zero-order chi connectivity index (χ0) is 20.8. The molecule has 0 radical (unpaired) electrons. The fraction of sp³-hybridized carbons (Fsp3) is 0.750. The molecule has 2 aromatic rings. The second kappa shape index (κ2) is 10.6. The zero-order valence-electron chi connectivity index (χ0n) is 18.6. The molecule has 0 spiro atoms. The minimum Gasteiger partial charge on any atom is -0.344 e. The molecule has 166 valence electrons. The van der Waals surface area contributed by atoms with Crippen LogP contribution in [0.4, 0.5) is 0 Å². The predicted octanol–water partition coefficient (Wildman–Crippen LogP) is 4.84. The molecule has 0 amide bonds. The standard InChI is InChI=1S/C19H30N6.C5H10/c20-17(11-15-3-1-2-8-22-15)19-23-12-18(24-19)14-4-6-16(7-5-14)25-10-9-21-13-25;1-5-3-2-4-5/h9-10,12-17,22H,1-8,11,20H2,(H,23,24);5H,2-4H2,1H3/t14?,15?,16?,17-;/m0./s1. The van der Waals surface area contributed by atoms with Crippen molar-refractivity contribution in [3.8, 4) is 0 Å². The fourth-order valence-corrected chi connectivity index (χ4v) is 5.07. The summed E-state index contributed by atoms with van der Waals surface area (Å²) in [6.07, 6.45) is 22.0. The molecule has 1 aliphatic heterocycles. The molecule has 5 rings (SSSR count). The number of aromatic nitrogens is 4. The Bertz CT molecular complexity index is 721. The number of rotatable bonds is 5. The second-order valence-electron chi connectivity index (χ2n) is 9.76. The largest absolute Gasteiger partial charge is 0.344 e. The van der Waals surface area contributed by atoms with Crippen LogP contribution in [-0.2, 0) is 0 Å². The Hall–Kier alpha value is -1.66. The molecular formula is C24H40N6. The highest BCUT2D eigenvalue weighted by atomic mass is 15.1. The summed E-state index contributed by atoms with van der Waals surface area (Å²) in [6.45, 7) is 3.43. The Balaban J connectivity index is 0.000000383. The van der Waals surface area contributed by atoms with Crippen molar-refractivity contribution in [1.29, 1.82) is 0 Å². The monoisotopic (exact) mass is 412 g/mol. The third kappa shape index (κ3) is 5.73. The van der Waals surface area contributed by atoms with Crippen LogP contribution < -0.4 is 11.1 Å². The van der Waals surface area contributed by atoms with Crippen LogP contribution in [0.15, 0.2) is 24.9 Å². The maximum absolute atomic E-state index is 6.41. The van der Waals surface area contributed by atoms with Gasteiger partial charge in [-0.25, -0.2) is 9.97 Å². The maximum atomic E-state index is 6.41. The van der Waals surface area contributed by atoms with Gasteiger partial charge in [-0.15, -0.1) is 0 Å². The van der Waals surface area contributed by atoms with E-state index < -0.39 is 0 Å². The van der Waals surface area contributed by atoms with E-state index in [1.54, 1.807) is 0 Å². The lowest BCUT2D eigenvalue weighted by Crippen LogP contribution is -2.36. The van der Waals surface area contributed by atoms with Crippen LogP contribution in [0.25, 0.3) is 0 Å². The molecule has 3 heterocycles. The predicted molar refractivity (Wildman–Crippen MR) is 121 cm³/mol. The number of nitrogens with zero attached hydrogens (tertiary/aromatic N) is 3. The molecule has 6 nitrogen and oxygen atoms in total. The maximum Gasteiger partial charge on any atom is 0.123 e. The zero-order valence-corrected chi connectivity index (χ0v) is 18.6. The summed E-state index contributed by atoms with van der Waals surface area (Å²) in [5.41, 5.74) is 7.68. The third-order valence-corrected chi connectivity index (χ3v) is 7.39. The summed E-state index contributed by atoms with van der Waals surface area (Å²) in [5.74, 6) is 2.61. The minimum atomic E-state index is 0.00615. The van der Waals surface area contributed by atoms with Crippen LogP contribution in [0, 0.1) is 5.92 Å². The summed E-state index contributed by atoms with van der Waals surface area (Å²) in [7, 11) is 0. The van der Waals surface area contributed by atoms with E-state index in [1.807, 2.05) is 18.7 Å². The number of hydrogen-bond acceptors (Lipinski definition) is 4. The summed E-state index contributed by atoms with van der Waals surface area (Å²) in [5, 5.41) is 3.58. The summed E-state index contributed by atoms with van der Waals surface area (Å²) in [4.78, 5) is 12.3. The Morgan fingerprint density at radius 2 is 1.90 bits per heavy atom. The van der Waals surface area contributed by atoms with Gasteiger partial charge in [0.2, 0.25) is 0 Å². The third-order valence-electron chi connectivity index (χ3n) is 7.39. The van der Waals surface area contributed by atoms with Gasteiger partial charge >= 0.3 is 0 Å². The molecule has 1 saturated heterocycles. The van der Waals surface area contributed by atoms with Crippen molar-refractivity contribution >= 4 is 0 Å². The number of hydrogen-bond donors (Lipinski definition) is 3. The van der Waals surface area contributed by atoms with Crippen LogP contribution in [-0.4, -0.2) is 32.1 Å². The van der Waals surface area contributed by atoms with Crippen LogP contribution >= 0.6 is 0 Å². The number of nitrogens with two attached hydrogens (primary N) is 1. The van der Waals surface area contributed by atoms with E-state index in [0.29, 0.717) is 18.0 Å². The Morgan fingerprint density at radius 3 is 2.50 bits per heavy atom. The first kappa shape index (κ1) is 21.6. The van der Waals surface area contributed by atoms with Gasteiger partial charge in [-0.3, -0.25) is 0 Å². The van der Waals surface area contributed by atoms with Gasteiger partial charge in [0.25, 0.3) is 0 Å². The molecule has 2 saturated carbocycles. The van der Waals surface area contributed by atoms with Gasteiger partial charge in [0.1, 0.15) is 5.82 Å². The average molecular weight is 413 g/mol. The van der Waals surface area contributed by atoms with Gasteiger partial charge in [0, 0.05) is 42.3 Å². The Kier molecular flexibility index (Phi) is 7.61. The van der Waals surface area contributed by atoms with Crippen molar-refractivity contribution in [3.63, 3.8) is 0 Å². The number of H-pyrrole nitrogens is 1. The number of aromatic amines is 1. The number of piperidine rings is 1. The molecule has 2 aliphatic carbocycles. The summed E-state index contributed by atoms with van der Waals surface area (Å²) < 4.78 is 2.25. The first-order chi connectivity index (χ1) is 14.7. The summed E-state index contributed by atoms with van der Waals surface area (Å²) >= 11 is 0. The van der Waals surface area contributed by atoms with Crippen molar-refractivity contribution in [2.24, 2.45) is 11.7 Å². The minimum absolute atomic E-state index is 0.00615. The molecule has 2 aromatic heterocycles. The molecule has 30 heavy (non-hydrogen) atoms. The van der Waals surface area contributed by atoms with Crippen LogP contribution in [0.5, 0.6) is 0 Å². The topological polar surface area (TPSA) is 84.5 Å². The normalized spacial score (nSPS) is 28.3. The highest BCUT2D eigenvalue weighted by Gasteiger charge is 2.25. The number of nitrogens with one attached hydrogen (secondary N) is 2. The SMILES string of the molecule is CC1CCC1.N[C@@H](CC1CCCCN1)c1ncc(C2CCC(n3ccnc3)CC2)[nH]1. The Morgan fingerprint density at radius 1 is 1.10 bits per heavy atom. The quantitative estimate of drug-likeness (QED) is 0.656.